The molecule has 1 aliphatic rings. The van der Waals surface area contributed by atoms with Crippen LogP contribution in [0.4, 0.5) is 0 Å². The van der Waals surface area contributed by atoms with Gasteiger partial charge in [-0.1, -0.05) is 32.0 Å². The maximum Gasteiger partial charge on any atom is 0.203 e. The predicted octanol–water partition coefficient (Wildman–Crippen LogP) is 3.95. The zero-order chi connectivity index (χ0) is 15.0. The highest BCUT2D eigenvalue weighted by molar-refractivity contribution is 6.01. The minimum atomic E-state index is -0.394. The highest BCUT2D eigenvalue weighted by Gasteiger charge is 2.39. The SMILES string of the molecule is Cc1cccc2cc(C(=O)C(C)(C)C3CCCNC3)oc12. The van der Waals surface area contributed by atoms with Crippen molar-refractivity contribution in [2.75, 3.05) is 13.1 Å². The van der Waals surface area contributed by atoms with Gasteiger partial charge in [0.1, 0.15) is 5.58 Å². The van der Waals surface area contributed by atoms with Gasteiger partial charge in [0, 0.05) is 10.8 Å². The van der Waals surface area contributed by atoms with E-state index in [1.165, 1.54) is 0 Å². The number of nitrogens with one attached hydrogen (secondary N) is 1. The number of hydrogen-bond acceptors (Lipinski definition) is 3. The Morgan fingerprint density at radius 3 is 2.86 bits per heavy atom. The third kappa shape index (κ3) is 2.51. The minimum Gasteiger partial charge on any atom is -0.453 e. The largest absolute Gasteiger partial charge is 0.453 e. The third-order valence-corrected chi connectivity index (χ3v) is 4.87. The van der Waals surface area contributed by atoms with E-state index in [4.69, 9.17) is 4.42 Å². The number of Topliss-reactive ketones (excluding diaryl/α,β-unsaturated/α-hetero) is 1. The predicted molar refractivity (Wildman–Crippen MR) is 84.7 cm³/mol. The topological polar surface area (TPSA) is 42.2 Å². The molecule has 1 atom stereocenters. The molecule has 3 heteroatoms. The van der Waals surface area contributed by atoms with Crippen molar-refractivity contribution in [2.24, 2.45) is 11.3 Å². The summed E-state index contributed by atoms with van der Waals surface area (Å²) in [4.78, 5) is 12.9. The Morgan fingerprint density at radius 1 is 1.38 bits per heavy atom. The number of ketones is 1. The molecule has 3 rings (SSSR count). The lowest BCUT2D eigenvalue weighted by Crippen LogP contribution is -2.42. The summed E-state index contributed by atoms with van der Waals surface area (Å²) >= 11 is 0. The first-order valence-electron chi connectivity index (χ1n) is 7.75. The molecule has 0 spiro atoms. The standard InChI is InChI=1S/C18H23NO2/c1-12-6-4-7-13-10-15(21-16(12)13)17(20)18(2,3)14-8-5-9-19-11-14/h4,6-7,10,14,19H,5,8-9,11H2,1-3H3. The highest BCUT2D eigenvalue weighted by Crippen LogP contribution is 2.36. The molecule has 3 nitrogen and oxygen atoms in total. The van der Waals surface area contributed by atoms with Crippen LogP contribution in [0, 0.1) is 18.3 Å². The summed E-state index contributed by atoms with van der Waals surface area (Å²) in [6, 6.07) is 7.90. The van der Waals surface area contributed by atoms with Gasteiger partial charge in [0.2, 0.25) is 5.78 Å². The summed E-state index contributed by atoms with van der Waals surface area (Å²) in [5.74, 6) is 0.981. The molecule has 1 saturated heterocycles. The number of carbonyl (C=O) groups is 1. The molecule has 1 aliphatic heterocycles. The monoisotopic (exact) mass is 285 g/mol. The number of aryl methyl sites for hydroxylation is 1. The quantitative estimate of drug-likeness (QED) is 0.868. The molecule has 1 aromatic heterocycles. The van der Waals surface area contributed by atoms with E-state index in [0.29, 0.717) is 11.7 Å². The Hall–Kier alpha value is -1.61. The van der Waals surface area contributed by atoms with E-state index in [0.717, 1.165) is 42.5 Å². The average Bonchev–Trinajstić information content (AvgIpc) is 2.93. The van der Waals surface area contributed by atoms with Crippen molar-refractivity contribution in [3.63, 3.8) is 0 Å². The van der Waals surface area contributed by atoms with Crippen LogP contribution in [0.15, 0.2) is 28.7 Å². The van der Waals surface area contributed by atoms with Crippen molar-refractivity contribution < 1.29 is 9.21 Å². The summed E-state index contributed by atoms with van der Waals surface area (Å²) in [5, 5.41) is 4.41. The van der Waals surface area contributed by atoms with Gasteiger partial charge >= 0.3 is 0 Å². The second-order valence-corrected chi connectivity index (χ2v) is 6.70. The number of furan rings is 1. The van der Waals surface area contributed by atoms with Crippen molar-refractivity contribution >= 4 is 16.8 Å². The minimum absolute atomic E-state index is 0.117. The molecule has 0 bridgehead atoms. The number of fused-ring (bicyclic) bond motifs is 1. The Bertz CT molecular complexity index is 663. The van der Waals surface area contributed by atoms with E-state index in [-0.39, 0.29) is 5.78 Å². The van der Waals surface area contributed by atoms with E-state index >= 15 is 0 Å². The highest BCUT2D eigenvalue weighted by atomic mass is 16.3. The summed E-state index contributed by atoms with van der Waals surface area (Å²) in [6.45, 7) is 8.08. The fourth-order valence-electron chi connectivity index (χ4n) is 3.29. The van der Waals surface area contributed by atoms with Crippen molar-refractivity contribution in [1.29, 1.82) is 0 Å². The number of piperidine rings is 1. The molecule has 2 heterocycles. The molecule has 21 heavy (non-hydrogen) atoms. The Kier molecular flexibility index (Phi) is 3.62. The third-order valence-electron chi connectivity index (χ3n) is 4.87. The summed E-state index contributed by atoms with van der Waals surface area (Å²) in [7, 11) is 0. The molecule has 1 fully saturated rings. The van der Waals surface area contributed by atoms with E-state index in [1.807, 2.05) is 45.0 Å². The Labute approximate surface area is 125 Å². The first-order chi connectivity index (χ1) is 10.00. The summed E-state index contributed by atoms with van der Waals surface area (Å²) in [5.41, 5.74) is 1.51. The molecule has 1 unspecified atom stereocenters. The van der Waals surface area contributed by atoms with Crippen LogP contribution in [0.3, 0.4) is 0 Å². The van der Waals surface area contributed by atoms with E-state index in [9.17, 15) is 4.79 Å². The molecule has 0 aliphatic carbocycles. The lowest BCUT2D eigenvalue weighted by Gasteiger charge is -2.35. The van der Waals surface area contributed by atoms with Crippen molar-refractivity contribution in [2.45, 2.75) is 33.6 Å². The van der Waals surface area contributed by atoms with Crippen molar-refractivity contribution in [1.82, 2.24) is 5.32 Å². The van der Waals surface area contributed by atoms with Gasteiger partial charge in [-0.25, -0.2) is 0 Å². The van der Waals surface area contributed by atoms with Gasteiger partial charge < -0.3 is 9.73 Å². The van der Waals surface area contributed by atoms with Crippen LogP contribution in [0.1, 0.15) is 42.8 Å². The average molecular weight is 285 g/mol. The van der Waals surface area contributed by atoms with Crippen LogP contribution >= 0.6 is 0 Å². The fourth-order valence-corrected chi connectivity index (χ4v) is 3.29. The number of benzene rings is 1. The van der Waals surface area contributed by atoms with Crippen LogP contribution in [0.5, 0.6) is 0 Å². The molecule has 1 aromatic carbocycles. The van der Waals surface area contributed by atoms with Crippen molar-refractivity contribution in [3.8, 4) is 0 Å². The van der Waals surface area contributed by atoms with Gasteiger partial charge in [0.15, 0.2) is 5.76 Å². The fraction of sp³-hybridized carbons (Fsp3) is 0.500. The first kappa shape index (κ1) is 14.3. The molecule has 1 N–H and O–H groups in total. The zero-order valence-electron chi connectivity index (χ0n) is 13.0. The van der Waals surface area contributed by atoms with Crippen LogP contribution in [-0.2, 0) is 0 Å². The van der Waals surface area contributed by atoms with E-state index < -0.39 is 5.41 Å². The molecular weight excluding hydrogens is 262 g/mol. The summed E-state index contributed by atoms with van der Waals surface area (Å²) in [6.07, 6.45) is 2.24. The first-order valence-corrected chi connectivity index (χ1v) is 7.75. The number of para-hydroxylation sites is 1. The van der Waals surface area contributed by atoms with E-state index in [2.05, 4.69) is 5.32 Å². The van der Waals surface area contributed by atoms with Gasteiger partial charge in [0.25, 0.3) is 0 Å². The normalized spacial score (nSPS) is 19.9. The lowest BCUT2D eigenvalue weighted by molar-refractivity contribution is 0.0680. The molecular formula is C18H23NO2. The summed E-state index contributed by atoms with van der Waals surface area (Å²) < 4.78 is 5.87. The van der Waals surface area contributed by atoms with Crippen LogP contribution in [0.2, 0.25) is 0 Å². The molecule has 2 aromatic rings. The van der Waals surface area contributed by atoms with Crippen LogP contribution in [-0.4, -0.2) is 18.9 Å². The number of carbonyl (C=O) groups excluding carboxylic acids is 1. The van der Waals surface area contributed by atoms with Gasteiger partial charge in [-0.3, -0.25) is 4.79 Å². The Morgan fingerprint density at radius 2 is 2.19 bits per heavy atom. The maximum absolute atomic E-state index is 12.9. The zero-order valence-corrected chi connectivity index (χ0v) is 13.0. The van der Waals surface area contributed by atoms with E-state index in [1.54, 1.807) is 0 Å². The smallest absolute Gasteiger partial charge is 0.203 e. The van der Waals surface area contributed by atoms with Crippen molar-refractivity contribution in [3.05, 3.63) is 35.6 Å². The molecule has 0 amide bonds. The van der Waals surface area contributed by atoms with Crippen LogP contribution < -0.4 is 5.32 Å². The Balaban J connectivity index is 1.93. The maximum atomic E-state index is 12.9. The van der Waals surface area contributed by atoms with Gasteiger partial charge in [-0.2, -0.15) is 0 Å². The van der Waals surface area contributed by atoms with Crippen LogP contribution in [0.25, 0.3) is 11.0 Å². The molecule has 0 radical (unpaired) electrons. The van der Waals surface area contributed by atoms with Gasteiger partial charge in [0.05, 0.1) is 0 Å². The second kappa shape index (κ2) is 5.30. The molecule has 0 saturated carbocycles. The number of hydrogen-bond donors (Lipinski definition) is 1. The lowest BCUT2D eigenvalue weighted by atomic mass is 9.71. The number of rotatable bonds is 3. The van der Waals surface area contributed by atoms with Gasteiger partial charge in [-0.15, -0.1) is 0 Å². The van der Waals surface area contributed by atoms with Gasteiger partial charge in [-0.05, 0) is 50.4 Å². The molecule has 112 valence electrons. The second-order valence-electron chi connectivity index (χ2n) is 6.70.